The van der Waals surface area contributed by atoms with E-state index in [1.165, 1.54) is 24.8 Å². The summed E-state index contributed by atoms with van der Waals surface area (Å²) in [6.45, 7) is 4.81. The summed E-state index contributed by atoms with van der Waals surface area (Å²) in [6.07, 6.45) is 17.1. The van der Waals surface area contributed by atoms with Crippen LogP contribution in [0, 0.1) is 28.6 Å². The molecule has 0 amide bonds. The third kappa shape index (κ3) is 3.01. The van der Waals surface area contributed by atoms with Crippen molar-refractivity contribution >= 4 is 11.8 Å². The van der Waals surface area contributed by atoms with Gasteiger partial charge in [-0.1, -0.05) is 25.5 Å². The number of allylic oxidation sites excluding steroid dienone is 2. The van der Waals surface area contributed by atoms with E-state index in [-0.39, 0.29) is 22.9 Å². The zero-order chi connectivity index (χ0) is 21.1. The molecule has 3 saturated carbocycles. The Bertz CT molecular complexity index is 854. The van der Waals surface area contributed by atoms with Gasteiger partial charge in [-0.15, -0.1) is 0 Å². The summed E-state index contributed by atoms with van der Waals surface area (Å²) in [4.78, 5) is 26.8. The average molecular weight is 410 g/mol. The monoisotopic (exact) mass is 409 g/mol. The molecule has 5 aliphatic rings. The number of ether oxygens (including phenoxy) is 1. The molecule has 3 fully saturated rings. The fourth-order valence-corrected chi connectivity index (χ4v) is 7.73. The second kappa shape index (κ2) is 7.10. The SMILES string of the molecule is CN1C=CCC(C(=O)OC2CCC3C4CCC5=CC(=O)CCC5(C)C4CCC23C)=C1. The van der Waals surface area contributed by atoms with Crippen LogP contribution in [0.2, 0.25) is 0 Å². The molecule has 6 atom stereocenters. The Kier molecular flexibility index (Phi) is 4.75. The van der Waals surface area contributed by atoms with Gasteiger partial charge in [-0.25, -0.2) is 4.79 Å². The molecule has 162 valence electrons. The number of carbonyl (C=O) groups excluding carboxylic acids is 2. The highest BCUT2D eigenvalue weighted by Crippen LogP contribution is 2.65. The van der Waals surface area contributed by atoms with E-state index in [9.17, 15) is 9.59 Å². The van der Waals surface area contributed by atoms with Crippen molar-refractivity contribution in [3.05, 3.63) is 35.7 Å². The summed E-state index contributed by atoms with van der Waals surface area (Å²) in [6, 6.07) is 0. The first-order valence-corrected chi connectivity index (χ1v) is 11.9. The van der Waals surface area contributed by atoms with Gasteiger partial charge in [0.15, 0.2) is 5.78 Å². The molecule has 0 spiro atoms. The minimum atomic E-state index is -0.133. The molecule has 0 bridgehead atoms. The molecule has 0 saturated heterocycles. The van der Waals surface area contributed by atoms with Crippen molar-refractivity contribution < 1.29 is 14.3 Å². The molecule has 0 aromatic heterocycles. The predicted octanol–water partition coefficient (Wildman–Crippen LogP) is 5.16. The lowest BCUT2D eigenvalue weighted by molar-refractivity contribution is -0.155. The number of ketones is 1. The molecule has 4 nitrogen and oxygen atoms in total. The third-order valence-corrected chi connectivity index (χ3v) is 9.42. The molecule has 4 aliphatic carbocycles. The minimum absolute atomic E-state index is 0.0331. The standard InChI is InChI=1S/C26H35NO3/c1-25-12-10-19(28)15-18(25)6-7-20-21-8-9-23(26(21,2)13-11-22(20)25)30-24(29)17-5-4-14-27(3)16-17/h4,14-16,20-23H,5-13H2,1-3H3. The molecule has 0 N–H and O–H groups in total. The Balaban J connectivity index is 1.34. The molecule has 0 aromatic carbocycles. The van der Waals surface area contributed by atoms with Crippen molar-refractivity contribution in [1.29, 1.82) is 0 Å². The molecule has 4 heteroatoms. The minimum Gasteiger partial charge on any atom is -0.458 e. The van der Waals surface area contributed by atoms with E-state index in [1.807, 2.05) is 36.5 Å². The Morgan fingerprint density at radius 2 is 1.93 bits per heavy atom. The van der Waals surface area contributed by atoms with Gasteiger partial charge < -0.3 is 9.64 Å². The Hall–Kier alpha value is -1.84. The van der Waals surface area contributed by atoms with Crippen molar-refractivity contribution in [3.8, 4) is 0 Å². The number of esters is 1. The van der Waals surface area contributed by atoms with Crippen LogP contribution in [0.4, 0.5) is 0 Å². The molecule has 1 aliphatic heterocycles. The number of carbonyl (C=O) groups is 2. The molecular formula is C26H35NO3. The highest BCUT2D eigenvalue weighted by atomic mass is 16.5. The first-order chi connectivity index (χ1) is 14.3. The van der Waals surface area contributed by atoms with Gasteiger partial charge in [-0.2, -0.15) is 0 Å². The van der Waals surface area contributed by atoms with Crippen LogP contribution in [0.1, 0.15) is 71.6 Å². The summed E-state index contributed by atoms with van der Waals surface area (Å²) in [5, 5.41) is 0. The first kappa shape index (κ1) is 20.1. The van der Waals surface area contributed by atoms with E-state index >= 15 is 0 Å². The lowest BCUT2D eigenvalue weighted by Crippen LogP contribution is -2.51. The van der Waals surface area contributed by atoms with Gasteiger partial charge in [0.1, 0.15) is 6.10 Å². The van der Waals surface area contributed by atoms with Gasteiger partial charge in [-0.05, 0) is 80.4 Å². The summed E-state index contributed by atoms with van der Waals surface area (Å²) in [5.74, 6) is 2.20. The summed E-state index contributed by atoms with van der Waals surface area (Å²) in [7, 11) is 1.95. The molecule has 30 heavy (non-hydrogen) atoms. The van der Waals surface area contributed by atoms with Crippen LogP contribution in [-0.4, -0.2) is 29.8 Å². The molecule has 5 rings (SSSR count). The van der Waals surface area contributed by atoms with Crippen LogP contribution < -0.4 is 0 Å². The molecule has 1 heterocycles. The Morgan fingerprint density at radius 1 is 1.10 bits per heavy atom. The van der Waals surface area contributed by atoms with Crippen LogP contribution >= 0.6 is 0 Å². The lowest BCUT2D eigenvalue weighted by atomic mass is 9.47. The number of rotatable bonds is 2. The lowest BCUT2D eigenvalue weighted by Gasteiger charge is -2.57. The fourth-order valence-electron chi connectivity index (χ4n) is 7.73. The quantitative estimate of drug-likeness (QED) is 0.591. The third-order valence-electron chi connectivity index (χ3n) is 9.42. The van der Waals surface area contributed by atoms with Crippen molar-refractivity contribution in [2.45, 2.75) is 77.7 Å². The summed E-state index contributed by atoms with van der Waals surface area (Å²) < 4.78 is 6.17. The van der Waals surface area contributed by atoms with E-state index in [2.05, 4.69) is 13.8 Å². The van der Waals surface area contributed by atoms with Gasteiger partial charge >= 0.3 is 5.97 Å². The average Bonchev–Trinajstić information content (AvgIpc) is 3.05. The molecular weight excluding hydrogens is 374 g/mol. The number of hydrogen-bond acceptors (Lipinski definition) is 4. The van der Waals surface area contributed by atoms with Gasteiger partial charge in [0.25, 0.3) is 0 Å². The van der Waals surface area contributed by atoms with Crippen LogP contribution in [-0.2, 0) is 14.3 Å². The molecule has 0 aromatic rings. The van der Waals surface area contributed by atoms with Crippen LogP contribution in [0.15, 0.2) is 35.7 Å². The van der Waals surface area contributed by atoms with Gasteiger partial charge in [0, 0.05) is 31.5 Å². The van der Waals surface area contributed by atoms with Crippen LogP contribution in [0.3, 0.4) is 0 Å². The van der Waals surface area contributed by atoms with Gasteiger partial charge in [0.05, 0.1) is 5.57 Å². The van der Waals surface area contributed by atoms with Crippen molar-refractivity contribution in [1.82, 2.24) is 4.90 Å². The highest BCUT2D eigenvalue weighted by Gasteiger charge is 2.60. The predicted molar refractivity (Wildman–Crippen MR) is 116 cm³/mol. The zero-order valence-corrected chi connectivity index (χ0v) is 18.7. The first-order valence-electron chi connectivity index (χ1n) is 11.9. The van der Waals surface area contributed by atoms with Crippen LogP contribution in [0.5, 0.6) is 0 Å². The Labute approximate surface area is 180 Å². The van der Waals surface area contributed by atoms with Crippen LogP contribution in [0.25, 0.3) is 0 Å². The largest absolute Gasteiger partial charge is 0.458 e. The van der Waals surface area contributed by atoms with E-state index in [0.29, 0.717) is 36.4 Å². The van der Waals surface area contributed by atoms with E-state index in [0.717, 1.165) is 31.3 Å². The van der Waals surface area contributed by atoms with E-state index < -0.39 is 0 Å². The second-order valence-corrected chi connectivity index (χ2v) is 10.9. The van der Waals surface area contributed by atoms with Crippen molar-refractivity contribution in [3.63, 3.8) is 0 Å². The smallest absolute Gasteiger partial charge is 0.336 e. The zero-order valence-electron chi connectivity index (χ0n) is 18.7. The molecule has 0 radical (unpaired) electrons. The second-order valence-electron chi connectivity index (χ2n) is 10.9. The number of fused-ring (bicyclic) bond motifs is 5. The van der Waals surface area contributed by atoms with Gasteiger partial charge in [-0.3, -0.25) is 4.79 Å². The maximum absolute atomic E-state index is 12.9. The van der Waals surface area contributed by atoms with Crippen molar-refractivity contribution in [2.24, 2.45) is 28.6 Å². The maximum Gasteiger partial charge on any atom is 0.336 e. The Morgan fingerprint density at radius 3 is 2.73 bits per heavy atom. The number of hydrogen-bond donors (Lipinski definition) is 0. The van der Waals surface area contributed by atoms with Crippen molar-refractivity contribution in [2.75, 3.05) is 7.05 Å². The molecule has 6 unspecified atom stereocenters. The normalized spacial score (nSPS) is 42.6. The topological polar surface area (TPSA) is 46.6 Å². The van der Waals surface area contributed by atoms with E-state index in [4.69, 9.17) is 4.74 Å². The maximum atomic E-state index is 12.9. The number of nitrogens with zero attached hydrogens (tertiary/aromatic N) is 1. The van der Waals surface area contributed by atoms with E-state index in [1.54, 1.807) is 0 Å². The summed E-state index contributed by atoms with van der Waals surface area (Å²) >= 11 is 0. The summed E-state index contributed by atoms with van der Waals surface area (Å²) in [5.41, 5.74) is 2.48. The fraction of sp³-hybridized carbons (Fsp3) is 0.692. The highest BCUT2D eigenvalue weighted by molar-refractivity contribution is 5.91. The van der Waals surface area contributed by atoms with Gasteiger partial charge in [0.2, 0.25) is 0 Å².